The van der Waals surface area contributed by atoms with Gasteiger partial charge in [0.1, 0.15) is 0 Å². The first-order chi connectivity index (χ1) is 9.85. The van der Waals surface area contributed by atoms with Gasteiger partial charge in [-0.15, -0.1) is 11.3 Å². The van der Waals surface area contributed by atoms with Gasteiger partial charge in [0, 0.05) is 36.1 Å². The number of hydrogen-bond acceptors (Lipinski definition) is 3. The van der Waals surface area contributed by atoms with Crippen LogP contribution in [0.4, 0.5) is 0 Å². The molecule has 1 saturated heterocycles. The first-order valence-corrected chi connectivity index (χ1v) is 9.24. The summed E-state index contributed by atoms with van der Waals surface area (Å²) >= 11 is 1.92. The van der Waals surface area contributed by atoms with Crippen LogP contribution in [0.3, 0.4) is 0 Å². The average molecular weight is 290 g/mol. The van der Waals surface area contributed by atoms with Crippen molar-refractivity contribution >= 4 is 11.3 Å². The second-order valence-electron chi connectivity index (χ2n) is 7.07. The zero-order chi connectivity index (χ0) is 13.4. The number of hydrogen-bond donors (Lipinski definition) is 1. The molecule has 1 N–H and O–H groups in total. The Kier molecular flexibility index (Phi) is 3.61. The van der Waals surface area contributed by atoms with Crippen LogP contribution in [-0.4, -0.2) is 36.1 Å². The Balaban J connectivity index is 1.43. The van der Waals surface area contributed by atoms with Crippen molar-refractivity contribution in [3.8, 4) is 0 Å². The maximum Gasteiger partial charge on any atom is 0.0309 e. The maximum absolute atomic E-state index is 3.95. The van der Waals surface area contributed by atoms with Crippen molar-refractivity contribution < 1.29 is 0 Å². The Labute approximate surface area is 126 Å². The molecule has 20 heavy (non-hydrogen) atoms. The first kappa shape index (κ1) is 13.3. The standard InChI is InChI=1S/C17H26N2S/c1-2-9-17(8-1)13-19(10-7-15-4-3-11-20-15)16(12-18-17)14-5-6-14/h3-4,11,14,16,18H,1-2,5-10,12-13H2. The van der Waals surface area contributed by atoms with Crippen LogP contribution >= 0.6 is 11.3 Å². The van der Waals surface area contributed by atoms with Crippen LogP contribution in [0, 0.1) is 5.92 Å². The molecule has 1 aliphatic heterocycles. The fraction of sp³-hybridized carbons (Fsp3) is 0.765. The minimum Gasteiger partial charge on any atom is -0.308 e. The van der Waals surface area contributed by atoms with Gasteiger partial charge < -0.3 is 5.32 Å². The number of nitrogens with zero attached hydrogens (tertiary/aromatic N) is 1. The highest BCUT2D eigenvalue weighted by Gasteiger charge is 2.45. The van der Waals surface area contributed by atoms with Gasteiger partial charge in [0.05, 0.1) is 0 Å². The van der Waals surface area contributed by atoms with Gasteiger partial charge in [-0.05, 0) is 49.5 Å². The molecule has 1 aromatic rings. The minimum atomic E-state index is 0.473. The predicted molar refractivity (Wildman–Crippen MR) is 85.3 cm³/mol. The highest BCUT2D eigenvalue weighted by molar-refractivity contribution is 7.09. The average Bonchev–Trinajstić information content (AvgIpc) is 2.99. The van der Waals surface area contributed by atoms with Gasteiger partial charge in [-0.25, -0.2) is 0 Å². The van der Waals surface area contributed by atoms with Crippen LogP contribution in [0.25, 0.3) is 0 Å². The van der Waals surface area contributed by atoms with Crippen molar-refractivity contribution in [1.82, 2.24) is 10.2 Å². The molecule has 1 spiro atoms. The molecule has 2 saturated carbocycles. The Morgan fingerprint density at radius 1 is 1.30 bits per heavy atom. The summed E-state index contributed by atoms with van der Waals surface area (Å²) in [6.45, 7) is 3.82. The molecular weight excluding hydrogens is 264 g/mol. The second-order valence-corrected chi connectivity index (χ2v) is 8.11. The fourth-order valence-corrected chi connectivity index (χ4v) is 5.00. The third-order valence-corrected chi connectivity index (χ3v) is 6.55. The normalized spacial score (nSPS) is 30.1. The van der Waals surface area contributed by atoms with Gasteiger partial charge in [0.25, 0.3) is 0 Å². The smallest absolute Gasteiger partial charge is 0.0309 e. The quantitative estimate of drug-likeness (QED) is 0.915. The van der Waals surface area contributed by atoms with E-state index in [-0.39, 0.29) is 0 Å². The Morgan fingerprint density at radius 3 is 2.85 bits per heavy atom. The van der Waals surface area contributed by atoms with Crippen LogP contribution in [0.15, 0.2) is 17.5 Å². The van der Waals surface area contributed by atoms with Crippen molar-refractivity contribution in [2.45, 2.75) is 56.5 Å². The third kappa shape index (κ3) is 2.68. The van der Waals surface area contributed by atoms with E-state index in [9.17, 15) is 0 Å². The minimum absolute atomic E-state index is 0.473. The molecule has 110 valence electrons. The van der Waals surface area contributed by atoms with E-state index < -0.39 is 0 Å². The number of thiophene rings is 1. The molecule has 2 nitrogen and oxygen atoms in total. The van der Waals surface area contributed by atoms with Crippen LogP contribution in [0.5, 0.6) is 0 Å². The number of rotatable bonds is 4. The monoisotopic (exact) mass is 290 g/mol. The summed E-state index contributed by atoms with van der Waals surface area (Å²) in [5.41, 5.74) is 0.473. The molecule has 2 aliphatic carbocycles. The molecule has 0 bridgehead atoms. The zero-order valence-electron chi connectivity index (χ0n) is 12.3. The van der Waals surface area contributed by atoms with E-state index in [4.69, 9.17) is 0 Å². The summed E-state index contributed by atoms with van der Waals surface area (Å²) < 4.78 is 0. The van der Waals surface area contributed by atoms with Crippen LogP contribution < -0.4 is 5.32 Å². The van der Waals surface area contributed by atoms with Gasteiger partial charge >= 0.3 is 0 Å². The van der Waals surface area contributed by atoms with E-state index in [0.717, 1.165) is 12.0 Å². The first-order valence-electron chi connectivity index (χ1n) is 8.36. The molecule has 3 aliphatic rings. The zero-order valence-corrected chi connectivity index (χ0v) is 13.1. The summed E-state index contributed by atoms with van der Waals surface area (Å²) in [6.07, 6.45) is 9.85. The molecule has 0 amide bonds. The molecule has 4 rings (SSSR count). The Bertz CT molecular complexity index is 432. The van der Waals surface area contributed by atoms with Crippen molar-refractivity contribution in [2.24, 2.45) is 5.92 Å². The van der Waals surface area contributed by atoms with Gasteiger partial charge in [-0.2, -0.15) is 0 Å². The maximum atomic E-state index is 3.95. The lowest BCUT2D eigenvalue weighted by Crippen LogP contribution is -2.63. The molecule has 1 atom stereocenters. The largest absolute Gasteiger partial charge is 0.308 e. The van der Waals surface area contributed by atoms with Crippen molar-refractivity contribution in [1.29, 1.82) is 0 Å². The molecular formula is C17H26N2S. The number of nitrogens with one attached hydrogen (secondary N) is 1. The topological polar surface area (TPSA) is 15.3 Å². The van der Waals surface area contributed by atoms with Crippen molar-refractivity contribution in [3.63, 3.8) is 0 Å². The van der Waals surface area contributed by atoms with Crippen LogP contribution in [0.1, 0.15) is 43.4 Å². The molecule has 0 aromatic carbocycles. The molecule has 1 unspecified atom stereocenters. The predicted octanol–water partition coefficient (Wildman–Crippen LogP) is 3.29. The van der Waals surface area contributed by atoms with Gasteiger partial charge in [0.15, 0.2) is 0 Å². The lowest BCUT2D eigenvalue weighted by molar-refractivity contribution is 0.0704. The van der Waals surface area contributed by atoms with Crippen molar-refractivity contribution in [2.75, 3.05) is 19.6 Å². The summed E-state index contributed by atoms with van der Waals surface area (Å²) in [4.78, 5) is 4.40. The fourth-order valence-electron chi connectivity index (χ4n) is 4.30. The van der Waals surface area contributed by atoms with E-state index in [2.05, 4.69) is 27.7 Å². The molecule has 0 radical (unpaired) electrons. The van der Waals surface area contributed by atoms with E-state index in [1.54, 1.807) is 4.88 Å². The summed E-state index contributed by atoms with van der Waals surface area (Å²) in [7, 11) is 0. The lowest BCUT2D eigenvalue weighted by atomic mass is 9.91. The second kappa shape index (κ2) is 5.43. The van der Waals surface area contributed by atoms with E-state index in [1.165, 1.54) is 64.6 Å². The lowest BCUT2D eigenvalue weighted by Gasteiger charge is -2.46. The highest BCUT2D eigenvalue weighted by Crippen LogP contribution is 2.40. The van der Waals surface area contributed by atoms with E-state index in [0.29, 0.717) is 5.54 Å². The summed E-state index contributed by atoms with van der Waals surface area (Å²) in [5, 5.41) is 6.16. The molecule has 3 fully saturated rings. The molecule has 1 aromatic heterocycles. The summed E-state index contributed by atoms with van der Waals surface area (Å²) in [5.74, 6) is 0.990. The van der Waals surface area contributed by atoms with Gasteiger partial charge in [-0.1, -0.05) is 18.9 Å². The van der Waals surface area contributed by atoms with Crippen molar-refractivity contribution in [3.05, 3.63) is 22.4 Å². The number of piperazine rings is 1. The van der Waals surface area contributed by atoms with Crippen LogP contribution in [0.2, 0.25) is 0 Å². The Hall–Kier alpha value is -0.380. The van der Waals surface area contributed by atoms with Gasteiger partial charge in [0.2, 0.25) is 0 Å². The molecule has 2 heterocycles. The highest BCUT2D eigenvalue weighted by atomic mass is 32.1. The third-order valence-electron chi connectivity index (χ3n) is 5.61. The summed E-state index contributed by atoms with van der Waals surface area (Å²) in [6, 6.07) is 5.31. The Morgan fingerprint density at radius 2 is 2.15 bits per heavy atom. The van der Waals surface area contributed by atoms with E-state index >= 15 is 0 Å². The van der Waals surface area contributed by atoms with Gasteiger partial charge in [-0.3, -0.25) is 4.90 Å². The van der Waals surface area contributed by atoms with E-state index in [1.807, 2.05) is 11.3 Å². The van der Waals surface area contributed by atoms with Crippen LogP contribution in [-0.2, 0) is 6.42 Å². The molecule has 3 heteroatoms. The SMILES string of the molecule is c1csc(CCN2CC3(CCCC3)NCC2C2CC2)c1.